The number of hydrogen-bond acceptors (Lipinski definition) is 0. The molecule has 4 aliphatic carbocycles. The largest absolute Gasteiger partial charge is 0.0887 e. The van der Waals surface area contributed by atoms with Crippen molar-refractivity contribution in [2.45, 2.75) is 130 Å². The molecular weight excluding hydrogens is 396 g/mol. The molecule has 2 fully saturated rings. The lowest BCUT2D eigenvalue weighted by Gasteiger charge is -2.34. The zero-order valence-corrected chi connectivity index (χ0v) is 22.4. The maximum atomic E-state index is 2.62. The predicted molar refractivity (Wildman–Crippen MR) is 145 cm³/mol. The molecule has 0 saturated heterocycles. The molecule has 0 heterocycles. The topological polar surface area (TPSA) is 0 Å². The van der Waals surface area contributed by atoms with Crippen LogP contribution in [0.4, 0.5) is 0 Å². The van der Waals surface area contributed by atoms with Gasteiger partial charge in [-0.25, -0.2) is 0 Å². The third kappa shape index (κ3) is 6.89. The molecule has 0 amide bonds. The first-order valence-corrected chi connectivity index (χ1v) is 15.1. The Bertz CT molecular complexity index is 680. The summed E-state index contributed by atoms with van der Waals surface area (Å²) in [4.78, 5) is 0. The Kier molecular flexibility index (Phi) is 9.41. The average molecular weight is 451 g/mol. The van der Waals surface area contributed by atoms with Gasteiger partial charge in [0.05, 0.1) is 0 Å². The van der Waals surface area contributed by atoms with E-state index in [2.05, 4.69) is 51.2 Å². The van der Waals surface area contributed by atoms with Gasteiger partial charge in [-0.3, -0.25) is 0 Å². The lowest BCUT2D eigenvalue weighted by atomic mass is 9.71. The Labute approximate surface area is 206 Å². The van der Waals surface area contributed by atoms with Gasteiger partial charge in [0.1, 0.15) is 0 Å². The molecule has 0 aromatic carbocycles. The first-order valence-electron chi connectivity index (χ1n) is 15.1. The van der Waals surface area contributed by atoms with Crippen LogP contribution in [-0.2, 0) is 0 Å². The van der Waals surface area contributed by atoms with E-state index in [9.17, 15) is 0 Å². The van der Waals surface area contributed by atoms with Crippen molar-refractivity contribution < 1.29 is 0 Å². The van der Waals surface area contributed by atoms with Gasteiger partial charge < -0.3 is 0 Å². The lowest BCUT2D eigenvalue weighted by Crippen LogP contribution is -2.23. The summed E-state index contributed by atoms with van der Waals surface area (Å²) < 4.78 is 0. The van der Waals surface area contributed by atoms with Crippen molar-refractivity contribution in [3.8, 4) is 0 Å². The van der Waals surface area contributed by atoms with Crippen LogP contribution in [0.15, 0.2) is 36.0 Å². The van der Waals surface area contributed by atoms with Crippen molar-refractivity contribution in [1.29, 1.82) is 0 Å². The summed E-state index contributed by atoms with van der Waals surface area (Å²) >= 11 is 0. The second-order valence-corrected chi connectivity index (χ2v) is 12.9. The van der Waals surface area contributed by atoms with Gasteiger partial charge in [0.2, 0.25) is 0 Å². The molecule has 0 heteroatoms. The van der Waals surface area contributed by atoms with E-state index in [1.807, 2.05) is 0 Å². The van der Waals surface area contributed by atoms with Gasteiger partial charge in [-0.2, -0.15) is 0 Å². The van der Waals surface area contributed by atoms with Gasteiger partial charge in [0, 0.05) is 0 Å². The fourth-order valence-electron chi connectivity index (χ4n) is 8.60. The first-order chi connectivity index (χ1) is 16.1. The summed E-state index contributed by atoms with van der Waals surface area (Å²) in [6, 6.07) is 0. The maximum absolute atomic E-state index is 2.62. The molecule has 33 heavy (non-hydrogen) atoms. The quantitative estimate of drug-likeness (QED) is 0.306. The molecular formula is C33H54. The van der Waals surface area contributed by atoms with Crippen LogP contribution in [0.25, 0.3) is 0 Å². The number of allylic oxidation sites excluding steroid dienone is 6. The highest BCUT2D eigenvalue weighted by molar-refractivity contribution is 5.05. The van der Waals surface area contributed by atoms with E-state index < -0.39 is 0 Å². The normalized spacial score (nSPS) is 37.8. The average Bonchev–Trinajstić information content (AvgIpc) is 3.12. The minimum atomic E-state index is 0.738. The Morgan fingerprint density at radius 2 is 1.94 bits per heavy atom. The van der Waals surface area contributed by atoms with Crippen molar-refractivity contribution in [2.24, 2.45) is 40.9 Å². The van der Waals surface area contributed by atoms with Gasteiger partial charge in [-0.05, 0) is 132 Å². The SMILES string of the molecule is CC=C(C)CC1CC=CC(C(CCC)CCCC2CCC3(CCCC4C=CCCC4C3)C2)C1. The van der Waals surface area contributed by atoms with E-state index in [1.54, 1.807) is 37.7 Å². The molecule has 0 bridgehead atoms. The lowest BCUT2D eigenvalue weighted by molar-refractivity contribution is 0.187. The van der Waals surface area contributed by atoms with E-state index in [-0.39, 0.29) is 0 Å². The molecule has 0 nitrogen and oxygen atoms in total. The minimum Gasteiger partial charge on any atom is -0.0887 e. The molecule has 0 aromatic heterocycles. The molecule has 2 saturated carbocycles. The highest BCUT2D eigenvalue weighted by Crippen LogP contribution is 2.55. The monoisotopic (exact) mass is 450 g/mol. The zero-order chi connectivity index (χ0) is 23.1. The fraction of sp³-hybridized carbons (Fsp3) is 0.818. The van der Waals surface area contributed by atoms with Crippen LogP contribution >= 0.6 is 0 Å². The Balaban J connectivity index is 1.25. The van der Waals surface area contributed by atoms with Crippen LogP contribution in [0.1, 0.15) is 130 Å². The van der Waals surface area contributed by atoms with Crippen LogP contribution in [0.2, 0.25) is 0 Å². The molecule has 4 rings (SSSR count). The van der Waals surface area contributed by atoms with E-state index in [0.717, 1.165) is 40.9 Å². The van der Waals surface area contributed by atoms with Crippen LogP contribution in [0.3, 0.4) is 0 Å². The molecule has 0 aromatic rings. The zero-order valence-electron chi connectivity index (χ0n) is 22.4. The fourth-order valence-corrected chi connectivity index (χ4v) is 8.60. The molecule has 0 N–H and O–H groups in total. The van der Waals surface area contributed by atoms with Crippen molar-refractivity contribution in [3.05, 3.63) is 36.0 Å². The van der Waals surface area contributed by atoms with Gasteiger partial charge >= 0.3 is 0 Å². The summed E-state index contributed by atoms with van der Waals surface area (Å²) in [6.07, 6.45) is 37.5. The molecule has 186 valence electrons. The minimum absolute atomic E-state index is 0.738. The van der Waals surface area contributed by atoms with E-state index in [0.29, 0.717) is 0 Å². The van der Waals surface area contributed by atoms with Gasteiger partial charge in [-0.15, -0.1) is 0 Å². The van der Waals surface area contributed by atoms with E-state index in [4.69, 9.17) is 0 Å². The van der Waals surface area contributed by atoms with Crippen molar-refractivity contribution in [3.63, 3.8) is 0 Å². The molecule has 0 aliphatic heterocycles. The maximum Gasteiger partial charge on any atom is -0.0202 e. The van der Waals surface area contributed by atoms with Crippen molar-refractivity contribution in [2.75, 3.05) is 0 Å². The molecule has 0 radical (unpaired) electrons. The van der Waals surface area contributed by atoms with Gasteiger partial charge in [-0.1, -0.05) is 75.0 Å². The highest BCUT2D eigenvalue weighted by Gasteiger charge is 2.43. The highest BCUT2D eigenvalue weighted by atomic mass is 14.5. The molecule has 4 aliphatic rings. The third-order valence-electron chi connectivity index (χ3n) is 10.5. The van der Waals surface area contributed by atoms with Crippen LogP contribution in [0, 0.1) is 40.9 Å². The summed E-state index contributed by atoms with van der Waals surface area (Å²) in [6.45, 7) is 6.93. The first kappa shape index (κ1) is 25.3. The molecule has 7 unspecified atom stereocenters. The molecule has 1 spiro atoms. The van der Waals surface area contributed by atoms with E-state index in [1.165, 1.54) is 77.0 Å². The Morgan fingerprint density at radius 3 is 2.79 bits per heavy atom. The second-order valence-electron chi connectivity index (χ2n) is 12.9. The van der Waals surface area contributed by atoms with Gasteiger partial charge in [0.15, 0.2) is 0 Å². The van der Waals surface area contributed by atoms with Crippen LogP contribution in [0.5, 0.6) is 0 Å². The summed E-state index contributed by atoms with van der Waals surface area (Å²) in [5.74, 6) is 5.65. The summed E-state index contributed by atoms with van der Waals surface area (Å²) in [5, 5.41) is 0. The number of fused-ring (bicyclic) bond motifs is 1. The smallest absolute Gasteiger partial charge is 0.0202 e. The standard InChI is InChI=1S/C33H54/c1-4-11-29(31-17-9-13-28(23-31)22-26(3)5-2)16-8-12-27-19-21-33(24-27)20-10-18-30-14-6-7-15-32(30)25-33/h5-6,9,14,17,27-32H,4,7-8,10-13,15-16,18-25H2,1-3H3. The van der Waals surface area contributed by atoms with Gasteiger partial charge in [0.25, 0.3) is 0 Å². The van der Waals surface area contributed by atoms with Crippen LogP contribution in [-0.4, -0.2) is 0 Å². The van der Waals surface area contributed by atoms with Crippen molar-refractivity contribution in [1.82, 2.24) is 0 Å². The third-order valence-corrected chi connectivity index (χ3v) is 10.5. The number of rotatable bonds is 9. The van der Waals surface area contributed by atoms with Crippen molar-refractivity contribution >= 4 is 0 Å². The molecule has 7 atom stereocenters. The Hall–Kier alpha value is -0.780. The predicted octanol–water partition coefficient (Wildman–Crippen LogP) is 10.5. The summed E-state index contributed by atoms with van der Waals surface area (Å²) in [5.41, 5.74) is 2.33. The van der Waals surface area contributed by atoms with E-state index >= 15 is 0 Å². The van der Waals surface area contributed by atoms with Crippen LogP contribution < -0.4 is 0 Å². The number of hydrogen-bond donors (Lipinski definition) is 0. The summed E-state index contributed by atoms with van der Waals surface area (Å²) in [7, 11) is 0. The second kappa shape index (κ2) is 12.3. The Morgan fingerprint density at radius 1 is 1.03 bits per heavy atom.